The summed E-state index contributed by atoms with van der Waals surface area (Å²) < 4.78 is 10.7. The monoisotopic (exact) mass is 279 g/mol. The lowest BCUT2D eigenvalue weighted by molar-refractivity contribution is 0.0938. The molecule has 1 atom stereocenters. The van der Waals surface area contributed by atoms with E-state index in [1.807, 2.05) is 26.0 Å². The molecule has 0 saturated carbocycles. The molecular weight excluding hydrogens is 254 g/mol. The second-order valence-electron chi connectivity index (χ2n) is 4.85. The SMILES string of the molecule is CCC[C@@H](C)NC(=O)c1ccc(OCC)c(COC)c1. The van der Waals surface area contributed by atoms with Gasteiger partial charge in [0.05, 0.1) is 13.2 Å². The van der Waals surface area contributed by atoms with Gasteiger partial charge in [-0.2, -0.15) is 0 Å². The Kier molecular flexibility index (Phi) is 7.09. The molecule has 1 aromatic carbocycles. The van der Waals surface area contributed by atoms with Crippen molar-refractivity contribution in [3.05, 3.63) is 29.3 Å². The molecule has 0 aliphatic carbocycles. The summed E-state index contributed by atoms with van der Waals surface area (Å²) >= 11 is 0. The van der Waals surface area contributed by atoms with Crippen molar-refractivity contribution in [2.45, 2.75) is 46.3 Å². The van der Waals surface area contributed by atoms with E-state index in [2.05, 4.69) is 12.2 Å². The maximum atomic E-state index is 12.2. The van der Waals surface area contributed by atoms with Crippen LogP contribution in [0.25, 0.3) is 0 Å². The van der Waals surface area contributed by atoms with Gasteiger partial charge in [0.1, 0.15) is 5.75 Å². The van der Waals surface area contributed by atoms with Crippen molar-refractivity contribution >= 4 is 5.91 Å². The summed E-state index contributed by atoms with van der Waals surface area (Å²) in [4.78, 5) is 12.2. The number of rotatable bonds is 8. The molecule has 4 heteroatoms. The molecule has 0 aliphatic heterocycles. The first-order valence-corrected chi connectivity index (χ1v) is 7.17. The quantitative estimate of drug-likeness (QED) is 0.795. The van der Waals surface area contributed by atoms with E-state index >= 15 is 0 Å². The van der Waals surface area contributed by atoms with Crippen molar-refractivity contribution in [3.8, 4) is 5.75 Å². The van der Waals surface area contributed by atoms with Gasteiger partial charge >= 0.3 is 0 Å². The van der Waals surface area contributed by atoms with E-state index < -0.39 is 0 Å². The largest absolute Gasteiger partial charge is 0.494 e. The topological polar surface area (TPSA) is 47.6 Å². The minimum Gasteiger partial charge on any atom is -0.494 e. The minimum atomic E-state index is -0.0497. The van der Waals surface area contributed by atoms with Crippen molar-refractivity contribution in [1.29, 1.82) is 0 Å². The summed E-state index contributed by atoms with van der Waals surface area (Å²) in [6.45, 7) is 7.09. The Bertz CT molecular complexity index is 432. The van der Waals surface area contributed by atoms with Gasteiger partial charge in [-0.1, -0.05) is 13.3 Å². The zero-order valence-electron chi connectivity index (χ0n) is 12.9. The third kappa shape index (κ3) is 4.85. The van der Waals surface area contributed by atoms with E-state index in [4.69, 9.17) is 9.47 Å². The zero-order chi connectivity index (χ0) is 15.0. The summed E-state index contributed by atoms with van der Waals surface area (Å²) in [5.41, 5.74) is 1.54. The number of methoxy groups -OCH3 is 1. The molecule has 0 spiro atoms. The van der Waals surface area contributed by atoms with Gasteiger partial charge in [-0.15, -0.1) is 0 Å². The van der Waals surface area contributed by atoms with E-state index in [1.165, 1.54) is 0 Å². The smallest absolute Gasteiger partial charge is 0.251 e. The Morgan fingerprint density at radius 3 is 2.70 bits per heavy atom. The van der Waals surface area contributed by atoms with E-state index in [0.29, 0.717) is 18.8 Å². The second-order valence-corrected chi connectivity index (χ2v) is 4.85. The van der Waals surface area contributed by atoms with Crippen LogP contribution in [-0.2, 0) is 11.3 Å². The molecule has 1 N–H and O–H groups in total. The molecule has 4 nitrogen and oxygen atoms in total. The highest BCUT2D eigenvalue weighted by Gasteiger charge is 2.12. The molecule has 0 bridgehead atoms. The first-order valence-electron chi connectivity index (χ1n) is 7.17. The first kappa shape index (κ1) is 16.5. The van der Waals surface area contributed by atoms with Crippen LogP contribution in [0.3, 0.4) is 0 Å². The normalized spacial score (nSPS) is 12.0. The fourth-order valence-corrected chi connectivity index (χ4v) is 2.10. The third-order valence-electron chi connectivity index (χ3n) is 3.02. The maximum Gasteiger partial charge on any atom is 0.251 e. The minimum absolute atomic E-state index is 0.0497. The summed E-state index contributed by atoms with van der Waals surface area (Å²) in [6, 6.07) is 5.64. The molecular formula is C16H25NO3. The number of carbonyl (C=O) groups is 1. The number of hydrogen-bond acceptors (Lipinski definition) is 3. The predicted molar refractivity (Wildman–Crippen MR) is 80.2 cm³/mol. The Morgan fingerprint density at radius 1 is 1.35 bits per heavy atom. The van der Waals surface area contributed by atoms with E-state index in [-0.39, 0.29) is 11.9 Å². The molecule has 0 fully saturated rings. The third-order valence-corrected chi connectivity index (χ3v) is 3.02. The fourth-order valence-electron chi connectivity index (χ4n) is 2.10. The summed E-state index contributed by atoms with van der Waals surface area (Å²) in [6.07, 6.45) is 2.04. The van der Waals surface area contributed by atoms with Crippen LogP contribution in [0.15, 0.2) is 18.2 Å². The van der Waals surface area contributed by atoms with Gasteiger partial charge < -0.3 is 14.8 Å². The lowest BCUT2D eigenvalue weighted by atomic mass is 10.1. The Hall–Kier alpha value is -1.55. The average Bonchev–Trinajstić information content (AvgIpc) is 2.41. The van der Waals surface area contributed by atoms with E-state index in [0.717, 1.165) is 24.2 Å². The van der Waals surface area contributed by atoms with Gasteiger partial charge in [0.2, 0.25) is 0 Å². The number of amides is 1. The summed E-state index contributed by atoms with van der Waals surface area (Å²) in [7, 11) is 1.63. The molecule has 0 heterocycles. The average molecular weight is 279 g/mol. The highest BCUT2D eigenvalue weighted by Crippen LogP contribution is 2.21. The highest BCUT2D eigenvalue weighted by atomic mass is 16.5. The van der Waals surface area contributed by atoms with E-state index in [1.54, 1.807) is 13.2 Å². The van der Waals surface area contributed by atoms with Crippen LogP contribution in [0, 0.1) is 0 Å². The Balaban J connectivity index is 2.84. The number of nitrogens with one attached hydrogen (secondary N) is 1. The lowest BCUT2D eigenvalue weighted by Crippen LogP contribution is -2.32. The Labute approximate surface area is 121 Å². The van der Waals surface area contributed by atoms with Crippen molar-refractivity contribution in [1.82, 2.24) is 5.32 Å². The Morgan fingerprint density at radius 2 is 2.10 bits per heavy atom. The molecule has 1 aromatic rings. The lowest BCUT2D eigenvalue weighted by Gasteiger charge is -2.15. The van der Waals surface area contributed by atoms with Crippen LogP contribution >= 0.6 is 0 Å². The standard InChI is InChI=1S/C16H25NO3/c1-5-7-12(3)17-16(18)13-8-9-15(20-6-2)14(10-13)11-19-4/h8-10,12H,5-7,11H2,1-4H3,(H,17,18)/t12-/m1/s1. The predicted octanol–water partition coefficient (Wildman–Crippen LogP) is 3.15. The van der Waals surface area contributed by atoms with Gasteiger partial charge in [0.15, 0.2) is 0 Å². The number of hydrogen-bond donors (Lipinski definition) is 1. The van der Waals surface area contributed by atoms with Crippen LogP contribution in [0.5, 0.6) is 5.75 Å². The molecule has 0 aliphatic rings. The molecule has 0 saturated heterocycles. The molecule has 0 unspecified atom stereocenters. The first-order chi connectivity index (χ1) is 9.62. The van der Waals surface area contributed by atoms with Crippen LogP contribution in [-0.4, -0.2) is 25.7 Å². The van der Waals surface area contributed by atoms with Gasteiger partial charge in [-0.25, -0.2) is 0 Å². The zero-order valence-corrected chi connectivity index (χ0v) is 12.9. The van der Waals surface area contributed by atoms with Gasteiger partial charge in [0.25, 0.3) is 5.91 Å². The van der Waals surface area contributed by atoms with Crippen molar-refractivity contribution in [2.24, 2.45) is 0 Å². The number of carbonyl (C=O) groups excluding carboxylic acids is 1. The molecule has 20 heavy (non-hydrogen) atoms. The molecule has 1 rings (SSSR count). The number of benzene rings is 1. The van der Waals surface area contributed by atoms with Gasteiger partial charge in [-0.3, -0.25) is 4.79 Å². The summed E-state index contributed by atoms with van der Waals surface area (Å²) in [5.74, 6) is 0.721. The van der Waals surface area contributed by atoms with Crippen LogP contribution in [0.4, 0.5) is 0 Å². The molecule has 0 radical (unpaired) electrons. The van der Waals surface area contributed by atoms with Crippen LogP contribution < -0.4 is 10.1 Å². The summed E-state index contributed by atoms with van der Waals surface area (Å²) in [5, 5.41) is 3.00. The number of ether oxygens (including phenoxy) is 2. The van der Waals surface area contributed by atoms with E-state index in [9.17, 15) is 4.79 Å². The molecule has 0 aromatic heterocycles. The van der Waals surface area contributed by atoms with Crippen molar-refractivity contribution < 1.29 is 14.3 Å². The van der Waals surface area contributed by atoms with Crippen molar-refractivity contribution in [3.63, 3.8) is 0 Å². The van der Waals surface area contributed by atoms with Gasteiger partial charge in [-0.05, 0) is 38.5 Å². The second kappa shape index (κ2) is 8.59. The van der Waals surface area contributed by atoms with Gasteiger partial charge in [0, 0.05) is 24.3 Å². The van der Waals surface area contributed by atoms with Crippen LogP contribution in [0.2, 0.25) is 0 Å². The highest BCUT2D eigenvalue weighted by molar-refractivity contribution is 5.94. The van der Waals surface area contributed by atoms with Crippen LogP contribution in [0.1, 0.15) is 49.5 Å². The molecule has 112 valence electrons. The van der Waals surface area contributed by atoms with Crippen molar-refractivity contribution in [2.75, 3.05) is 13.7 Å². The molecule has 1 amide bonds. The maximum absolute atomic E-state index is 12.2. The fraction of sp³-hybridized carbons (Fsp3) is 0.562.